The first-order valence-electron chi connectivity index (χ1n) is 7.47. The van der Waals surface area contributed by atoms with Gasteiger partial charge in [0.15, 0.2) is 0 Å². The molecule has 1 heterocycles. The maximum absolute atomic E-state index is 13.2. The first-order chi connectivity index (χ1) is 9.67. The Bertz CT molecular complexity index is 399. The Labute approximate surface area is 119 Å². The molecule has 2 atom stereocenters. The fourth-order valence-corrected chi connectivity index (χ4v) is 2.84. The monoisotopic (exact) mass is 283 g/mol. The summed E-state index contributed by atoms with van der Waals surface area (Å²) in [5.41, 5.74) is 0.709. The van der Waals surface area contributed by atoms with Crippen LogP contribution in [0.15, 0.2) is 18.2 Å². The molecule has 2 unspecified atom stereocenters. The van der Waals surface area contributed by atoms with E-state index < -0.39 is 11.6 Å². The summed E-state index contributed by atoms with van der Waals surface area (Å²) in [5, 5.41) is 3.39. The molecular weight excluding hydrogens is 260 g/mol. The van der Waals surface area contributed by atoms with E-state index in [-0.39, 0.29) is 6.04 Å². The zero-order valence-electron chi connectivity index (χ0n) is 12.0. The summed E-state index contributed by atoms with van der Waals surface area (Å²) in [4.78, 5) is 0. The Kier molecular flexibility index (Phi) is 5.92. The molecular formula is C16H23F2NO. The molecule has 0 aliphatic carbocycles. The van der Waals surface area contributed by atoms with Crippen molar-refractivity contribution in [3.05, 3.63) is 35.4 Å². The van der Waals surface area contributed by atoms with Gasteiger partial charge in [0.25, 0.3) is 0 Å². The topological polar surface area (TPSA) is 21.3 Å². The molecule has 0 amide bonds. The van der Waals surface area contributed by atoms with Crippen molar-refractivity contribution in [2.75, 3.05) is 13.2 Å². The molecule has 0 spiro atoms. The maximum Gasteiger partial charge on any atom is 0.126 e. The van der Waals surface area contributed by atoms with E-state index >= 15 is 0 Å². The van der Waals surface area contributed by atoms with Gasteiger partial charge in [0.05, 0.1) is 6.10 Å². The number of nitrogens with one attached hydrogen (secondary N) is 1. The zero-order chi connectivity index (χ0) is 14.4. The van der Waals surface area contributed by atoms with E-state index in [4.69, 9.17) is 4.74 Å². The molecule has 0 saturated carbocycles. The number of rotatable bonds is 7. The minimum absolute atomic E-state index is 0.241. The molecule has 1 aromatic rings. The lowest BCUT2D eigenvalue weighted by molar-refractivity contribution is 0.0996. The lowest BCUT2D eigenvalue weighted by Crippen LogP contribution is -2.32. The number of hydrogen-bond acceptors (Lipinski definition) is 2. The Morgan fingerprint density at radius 1 is 1.30 bits per heavy atom. The van der Waals surface area contributed by atoms with Crippen molar-refractivity contribution in [3.63, 3.8) is 0 Å². The summed E-state index contributed by atoms with van der Waals surface area (Å²) in [6.45, 7) is 3.77. The zero-order valence-corrected chi connectivity index (χ0v) is 12.0. The number of ether oxygens (including phenoxy) is 1. The van der Waals surface area contributed by atoms with Gasteiger partial charge in [-0.1, -0.05) is 6.92 Å². The van der Waals surface area contributed by atoms with E-state index in [2.05, 4.69) is 5.32 Å². The molecule has 2 nitrogen and oxygen atoms in total. The summed E-state index contributed by atoms with van der Waals surface area (Å²) < 4.78 is 32.1. The SMILES string of the molecule is CCNC(CCC1CCCO1)Cc1cc(F)cc(F)c1. The highest BCUT2D eigenvalue weighted by Crippen LogP contribution is 2.19. The van der Waals surface area contributed by atoms with Gasteiger partial charge >= 0.3 is 0 Å². The molecule has 4 heteroatoms. The van der Waals surface area contributed by atoms with Gasteiger partial charge < -0.3 is 10.1 Å². The minimum atomic E-state index is -0.505. The van der Waals surface area contributed by atoms with Crippen LogP contribution in [-0.2, 0) is 11.2 Å². The van der Waals surface area contributed by atoms with Crippen LogP contribution < -0.4 is 5.32 Å². The Hall–Kier alpha value is -1.00. The standard InChI is InChI=1S/C16H23F2NO/c1-2-19-15(5-6-16-4-3-7-20-16)10-12-8-13(17)11-14(18)9-12/h8-9,11,15-16,19H,2-7,10H2,1H3. The van der Waals surface area contributed by atoms with Gasteiger partial charge in [0.1, 0.15) is 11.6 Å². The third kappa shape index (κ3) is 4.84. The van der Waals surface area contributed by atoms with Crippen LogP contribution in [0.2, 0.25) is 0 Å². The fraction of sp³-hybridized carbons (Fsp3) is 0.625. The number of benzene rings is 1. The quantitative estimate of drug-likeness (QED) is 0.827. The summed E-state index contributed by atoms with van der Waals surface area (Å²) in [5.74, 6) is -1.01. The van der Waals surface area contributed by atoms with Crippen molar-refractivity contribution >= 4 is 0 Å². The maximum atomic E-state index is 13.2. The highest BCUT2D eigenvalue weighted by Gasteiger charge is 2.18. The Balaban J connectivity index is 1.89. The van der Waals surface area contributed by atoms with Gasteiger partial charge in [-0.3, -0.25) is 0 Å². The first-order valence-corrected chi connectivity index (χ1v) is 7.47. The van der Waals surface area contributed by atoms with Gasteiger partial charge in [0, 0.05) is 18.7 Å². The number of hydrogen-bond donors (Lipinski definition) is 1. The van der Waals surface area contributed by atoms with Crippen LogP contribution in [0, 0.1) is 11.6 Å². The molecule has 1 aliphatic heterocycles. The minimum Gasteiger partial charge on any atom is -0.378 e. The van der Waals surface area contributed by atoms with Crippen LogP contribution in [0.5, 0.6) is 0 Å². The first kappa shape index (κ1) is 15.4. The molecule has 1 fully saturated rings. The molecule has 1 N–H and O–H groups in total. The summed E-state index contributed by atoms with van der Waals surface area (Å²) >= 11 is 0. The third-order valence-corrected chi connectivity index (χ3v) is 3.76. The summed E-state index contributed by atoms with van der Waals surface area (Å²) in [6.07, 6.45) is 5.26. The average Bonchev–Trinajstić information content (AvgIpc) is 2.88. The second-order valence-corrected chi connectivity index (χ2v) is 5.45. The highest BCUT2D eigenvalue weighted by atomic mass is 19.1. The average molecular weight is 283 g/mol. The molecule has 0 bridgehead atoms. The number of likely N-dealkylation sites (N-methyl/N-ethyl adjacent to an activating group) is 1. The molecule has 1 aliphatic rings. The van der Waals surface area contributed by atoms with Crippen molar-refractivity contribution in [2.24, 2.45) is 0 Å². The molecule has 0 radical (unpaired) electrons. The van der Waals surface area contributed by atoms with E-state index in [1.807, 2.05) is 6.92 Å². The van der Waals surface area contributed by atoms with E-state index in [1.165, 1.54) is 12.1 Å². The van der Waals surface area contributed by atoms with Crippen LogP contribution in [0.4, 0.5) is 8.78 Å². The third-order valence-electron chi connectivity index (χ3n) is 3.76. The predicted molar refractivity (Wildman–Crippen MR) is 75.7 cm³/mol. The smallest absolute Gasteiger partial charge is 0.126 e. The highest BCUT2D eigenvalue weighted by molar-refractivity contribution is 5.19. The van der Waals surface area contributed by atoms with Crippen LogP contribution in [-0.4, -0.2) is 25.3 Å². The van der Waals surface area contributed by atoms with Crippen molar-refractivity contribution in [2.45, 2.75) is 51.2 Å². The van der Waals surface area contributed by atoms with Crippen LogP contribution in [0.1, 0.15) is 38.2 Å². The number of halogens is 2. The molecule has 1 aromatic carbocycles. The van der Waals surface area contributed by atoms with Gasteiger partial charge in [-0.15, -0.1) is 0 Å². The van der Waals surface area contributed by atoms with Crippen molar-refractivity contribution < 1.29 is 13.5 Å². The van der Waals surface area contributed by atoms with Crippen molar-refractivity contribution in [1.29, 1.82) is 0 Å². The molecule has 0 aromatic heterocycles. The molecule has 112 valence electrons. The largest absolute Gasteiger partial charge is 0.378 e. The fourth-order valence-electron chi connectivity index (χ4n) is 2.84. The Morgan fingerprint density at radius 3 is 2.65 bits per heavy atom. The van der Waals surface area contributed by atoms with E-state index in [9.17, 15) is 8.78 Å². The van der Waals surface area contributed by atoms with E-state index in [1.54, 1.807) is 0 Å². The van der Waals surface area contributed by atoms with Gasteiger partial charge in [0.2, 0.25) is 0 Å². The van der Waals surface area contributed by atoms with E-state index in [0.29, 0.717) is 18.1 Å². The van der Waals surface area contributed by atoms with Crippen LogP contribution >= 0.6 is 0 Å². The molecule has 1 saturated heterocycles. The normalized spacial score (nSPS) is 20.2. The lowest BCUT2D eigenvalue weighted by Gasteiger charge is -2.20. The van der Waals surface area contributed by atoms with Gasteiger partial charge in [-0.25, -0.2) is 8.78 Å². The molecule has 20 heavy (non-hydrogen) atoms. The van der Waals surface area contributed by atoms with Crippen molar-refractivity contribution in [1.82, 2.24) is 5.32 Å². The van der Waals surface area contributed by atoms with Gasteiger partial charge in [-0.2, -0.15) is 0 Å². The predicted octanol–water partition coefficient (Wildman–Crippen LogP) is 3.44. The summed E-state index contributed by atoms with van der Waals surface area (Å²) in [6, 6.07) is 3.99. The molecule has 2 rings (SSSR count). The van der Waals surface area contributed by atoms with Crippen LogP contribution in [0.3, 0.4) is 0 Å². The Morgan fingerprint density at radius 2 is 2.05 bits per heavy atom. The van der Waals surface area contributed by atoms with Gasteiger partial charge in [-0.05, 0) is 56.3 Å². The summed E-state index contributed by atoms with van der Waals surface area (Å²) in [7, 11) is 0. The lowest BCUT2D eigenvalue weighted by atomic mass is 9.99. The second kappa shape index (κ2) is 7.70. The van der Waals surface area contributed by atoms with Crippen LogP contribution in [0.25, 0.3) is 0 Å². The van der Waals surface area contributed by atoms with E-state index in [0.717, 1.165) is 44.9 Å². The second-order valence-electron chi connectivity index (χ2n) is 5.45. The van der Waals surface area contributed by atoms with Crippen molar-refractivity contribution in [3.8, 4) is 0 Å².